The fourth-order valence-electron chi connectivity index (χ4n) is 1.99. The summed E-state index contributed by atoms with van der Waals surface area (Å²) in [7, 11) is 0. The Morgan fingerprint density at radius 1 is 1.00 bits per heavy atom. The molecule has 0 amide bonds. The number of hydrogen-bond donors (Lipinski definition) is 0. The maximum atomic E-state index is 10.8. The normalized spacial score (nSPS) is 11.4. The molecule has 0 unspecified atom stereocenters. The molecular weight excluding hydrogens is 256 g/mol. The zero-order valence-corrected chi connectivity index (χ0v) is 12.2. The average molecular weight is 273 g/mol. The predicted octanol–water partition coefficient (Wildman–Crippen LogP) is 5.12. The van der Waals surface area contributed by atoms with Gasteiger partial charge < -0.3 is 0 Å². The van der Waals surface area contributed by atoms with Crippen molar-refractivity contribution in [1.82, 2.24) is 0 Å². The monoisotopic (exact) mass is 272 g/mol. The lowest BCUT2D eigenvalue weighted by Gasteiger charge is -2.19. The molecule has 0 atom stereocenters. The second kappa shape index (κ2) is 5.18. The van der Waals surface area contributed by atoms with E-state index in [1.807, 2.05) is 6.07 Å². The molecule has 0 spiro atoms. The zero-order valence-electron chi connectivity index (χ0n) is 11.4. The van der Waals surface area contributed by atoms with Gasteiger partial charge in [0.1, 0.15) is 6.29 Å². The lowest BCUT2D eigenvalue weighted by Crippen LogP contribution is -2.10. The highest BCUT2D eigenvalue weighted by Crippen LogP contribution is 2.30. The third kappa shape index (κ3) is 3.05. The lowest BCUT2D eigenvalue weighted by atomic mass is 9.86. The van der Waals surface area contributed by atoms with Gasteiger partial charge in [-0.1, -0.05) is 62.7 Å². The van der Waals surface area contributed by atoms with Crippen LogP contribution in [0.1, 0.15) is 36.7 Å². The molecule has 0 aromatic heterocycles. The van der Waals surface area contributed by atoms with E-state index < -0.39 is 0 Å². The quantitative estimate of drug-likeness (QED) is 0.694. The third-order valence-corrected chi connectivity index (χ3v) is 3.52. The highest BCUT2D eigenvalue weighted by molar-refractivity contribution is 6.33. The van der Waals surface area contributed by atoms with Gasteiger partial charge in [0.05, 0.1) is 0 Å². The van der Waals surface area contributed by atoms with Crippen LogP contribution in [0.4, 0.5) is 0 Å². The minimum absolute atomic E-state index is 0.132. The SMILES string of the molecule is CC(C)(C)c1ccc(-c2cc(C=O)ccc2Cl)cc1. The molecule has 2 aromatic carbocycles. The number of carbonyl (C=O) groups is 1. The van der Waals surface area contributed by atoms with Crippen LogP contribution >= 0.6 is 11.6 Å². The van der Waals surface area contributed by atoms with E-state index in [9.17, 15) is 4.79 Å². The van der Waals surface area contributed by atoms with Crippen molar-refractivity contribution in [3.8, 4) is 11.1 Å². The van der Waals surface area contributed by atoms with Crippen molar-refractivity contribution in [2.75, 3.05) is 0 Å². The molecule has 0 radical (unpaired) electrons. The molecular formula is C17H17ClO. The molecule has 98 valence electrons. The summed E-state index contributed by atoms with van der Waals surface area (Å²) in [5.74, 6) is 0. The van der Waals surface area contributed by atoms with E-state index >= 15 is 0 Å². The first-order chi connectivity index (χ1) is 8.91. The van der Waals surface area contributed by atoms with E-state index in [1.165, 1.54) is 5.56 Å². The van der Waals surface area contributed by atoms with Crippen molar-refractivity contribution in [2.45, 2.75) is 26.2 Å². The Balaban J connectivity index is 2.45. The van der Waals surface area contributed by atoms with Crippen LogP contribution in [0, 0.1) is 0 Å². The van der Waals surface area contributed by atoms with Gasteiger partial charge in [0, 0.05) is 16.1 Å². The number of halogens is 1. The Morgan fingerprint density at radius 3 is 2.16 bits per heavy atom. The molecule has 2 rings (SSSR count). The second-order valence-electron chi connectivity index (χ2n) is 5.68. The van der Waals surface area contributed by atoms with Crippen LogP contribution < -0.4 is 0 Å². The Bertz CT molecular complexity index is 592. The number of hydrogen-bond acceptors (Lipinski definition) is 1. The van der Waals surface area contributed by atoms with Gasteiger partial charge in [0.2, 0.25) is 0 Å². The summed E-state index contributed by atoms with van der Waals surface area (Å²) in [5.41, 5.74) is 3.97. The fourth-order valence-corrected chi connectivity index (χ4v) is 2.21. The molecule has 2 heteroatoms. The van der Waals surface area contributed by atoms with Gasteiger partial charge >= 0.3 is 0 Å². The summed E-state index contributed by atoms with van der Waals surface area (Å²) in [6.45, 7) is 6.55. The first-order valence-electron chi connectivity index (χ1n) is 6.27. The van der Waals surface area contributed by atoms with Gasteiger partial charge in [-0.2, -0.15) is 0 Å². The standard InChI is InChI=1S/C17H17ClO/c1-17(2,3)14-7-5-13(6-8-14)15-10-12(11-19)4-9-16(15)18/h4-11H,1-3H3. The second-order valence-corrected chi connectivity index (χ2v) is 6.09. The summed E-state index contributed by atoms with van der Waals surface area (Å²) < 4.78 is 0. The van der Waals surface area contributed by atoms with Gasteiger partial charge in [-0.05, 0) is 28.7 Å². The van der Waals surface area contributed by atoms with Crippen molar-refractivity contribution in [1.29, 1.82) is 0 Å². The van der Waals surface area contributed by atoms with Gasteiger partial charge in [-0.15, -0.1) is 0 Å². The van der Waals surface area contributed by atoms with Crippen LogP contribution in [0.15, 0.2) is 42.5 Å². The molecule has 0 heterocycles. The Hall–Kier alpha value is -1.60. The lowest BCUT2D eigenvalue weighted by molar-refractivity contribution is 0.112. The molecule has 0 aliphatic heterocycles. The molecule has 0 N–H and O–H groups in total. The van der Waals surface area contributed by atoms with E-state index in [0.717, 1.165) is 17.4 Å². The number of aldehydes is 1. The van der Waals surface area contributed by atoms with E-state index in [0.29, 0.717) is 10.6 Å². The molecule has 19 heavy (non-hydrogen) atoms. The molecule has 2 aromatic rings. The smallest absolute Gasteiger partial charge is 0.150 e. The Morgan fingerprint density at radius 2 is 1.63 bits per heavy atom. The molecule has 0 aliphatic rings. The number of rotatable bonds is 2. The first kappa shape index (κ1) is 13.8. The molecule has 0 saturated carbocycles. The Kier molecular flexibility index (Phi) is 3.77. The van der Waals surface area contributed by atoms with Gasteiger partial charge in [0.15, 0.2) is 0 Å². The van der Waals surface area contributed by atoms with Gasteiger partial charge in [0.25, 0.3) is 0 Å². The predicted molar refractivity (Wildman–Crippen MR) is 81.0 cm³/mol. The van der Waals surface area contributed by atoms with Crippen LogP contribution in [-0.4, -0.2) is 6.29 Å². The van der Waals surface area contributed by atoms with Crippen molar-refractivity contribution in [3.05, 3.63) is 58.6 Å². The largest absolute Gasteiger partial charge is 0.298 e. The maximum Gasteiger partial charge on any atom is 0.150 e. The van der Waals surface area contributed by atoms with Crippen molar-refractivity contribution in [3.63, 3.8) is 0 Å². The number of benzene rings is 2. The summed E-state index contributed by atoms with van der Waals surface area (Å²) in [6.07, 6.45) is 0.837. The summed E-state index contributed by atoms with van der Waals surface area (Å²) in [4.78, 5) is 10.8. The van der Waals surface area contributed by atoms with Crippen LogP contribution in [-0.2, 0) is 5.41 Å². The van der Waals surface area contributed by atoms with Gasteiger partial charge in [-0.3, -0.25) is 4.79 Å². The van der Waals surface area contributed by atoms with E-state index in [-0.39, 0.29) is 5.41 Å². The minimum Gasteiger partial charge on any atom is -0.298 e. The van der Waals surface area contributed by atoms with Crippen LogP contribution in [0.2, 0.25) is 5.02 Å². The summed E-state index contributed by atoms with van der Waals surface area (Å²) in [6, 6.07) is 13.6. The van der Waals surface area contributed by atoms with Gasteiger partial charge in [-0.25, -0.2) is 0 Å². The highest BCUT2D eigenvalue weighted by atomic mass is 35.5. The highest BCUT2D eigenvalue weighted by Gasteiger charge is 2.13. The van der Waals surface area contributed by atoms with Crippen LogP contribution in [0.3, 0.4) is 0 Å². The average Bonchev–Trinajstić information content (AvgIpc) is 2.38. The first-order valence-corrected chi connectivity index (χ1v) is 6.65. The van der Waals surface area contributed by atoms with E-state index in [1.54, 1.807) is 12.1 Å². The van der Waals surface area contributed by atoms with E-state index in [2.05, 4.69) is 45.0 Å². The molecule has 0 aliphatic carbocycles. The van der Waals surface area contributed by atoms with Crippen molar-refractivity contribution in [2.24, 2.45) is 0 Å². The maximum absolute atomic E-state index is 10.8. The van der Waals surface area contributed by atoms with Crippen LogP contribution in [0.5, 0.6) is 0 Å². The summed E-state index contributed by atoms with van der Waals surface area (Å²) in [5, 5.41) is 0.661. The Labute approximate surface area is 119 Å². The van der Waals surface area contributed by atoms with E-state index in [4.69, 9.17) is 11.6 Å². The molecule has 0 bridgehead atoms. The molecule has 0 fully saturated rings. The minimum atomic E-state index is 0.132. The fraction of sp³-hybridized carbons (Fsp3) is 0.235. The molecule has 0 saturated heterocycles. The van der Waals surface area contributed by atoms with Crippen LogP contribution in [0.25, 0.3) is 11.1 Å². The topological polar surface area (TPSA) is 17.1 Å². The zero-order chi connectivity index (χ0) is 14.0. The summed E-state index contributed by atoms with van der Waals surface area (Å²) >= 11 is 6.20. The number of carbonyl (C=O) groups excluding carboxylic acids is 1. The third-order valence-electron chi connectivity index (χ3n) is 3.19. The molecule has 1 nitrogen and oxygen atoms in total. The van der Waals surface area contributed by atoms with Crippen molar-refractivity contribution < 1.29 is 4.79 Å². The van der Waals surface area contributed by atoms with Crippen molar-refractivity contribution >= 4 is 17.9 Å².